The quantitative estimate of drug-likeness (QED) is 0.365. The van der Waals surface area contributed by atoms with E-state index in [-0.39, 0.29) is 10.3 Å². The van der Waals surface area contributed by atoms with Gasteiger partial charge in [0.1, 0.15) is 6.04 Å². The zero-order valence-corrected chi connectivity index (χ0v) is 7.34. The lowest BCUT2D eigenvalue weighted by Gasteiger charge is -2.14. The molecule has 10 heavy (non-hydrogen) atoms. The first-order valence-corrected chi connectivity index (χ1v) is 3.45. The van der Waals surface area contributed by atoms with Crippen molar-refractivity contribution in [2.45, 2.75) is 13.0 Å². The minimum atomic E-state index is -0.449. The Kier molecular flexibility index (Phi) is 4.22. The molecule has 0 aliphatic heterocycles. The molecule has 0 saturated carbocycles. The molecule has 58 valence electrons. The molecule has 0 aliphatic carbocycles. The van der Waals surface area contributed by atoms with E-state index < -0.39 is 6.04 Å². The SMILES string of the molecule is COC(=O)C(C)NC(=S)[S-]. The van der Waals surface area contributed by atoms with Crippen LogP contribution >= 0.6 is 12.2 Å². The van der Waals surface area contributed by atoms with Gasteiger partial charge in [-0.3, -0.25) is 0 Å². The number of carbonyl (C=O) groups excluding carboxylic acids is 1. The van der Waals surface area contributed by atoms with Crippen LogP contribution in [-0.2, 0) is 22.2 Å². The summed E-state index contributed by atoms with van der Waals surface area (Å²) in [6.45, 7) is 1.63. The second kappa shape index (κ2) is 4.40. The molecule has 3 nitrogen and oxygen atoms in total. The van der Waals surface area contributed by atoms with Crippen LogP contribution in [0.2, 0.25) is 0 Å². The zero-order chi connectivity index (χ0) is 8.15. The third-order valence-corrected chi connectivity index (χ3v) is 1.12. The van der Waals surface area contributed by atoms with E-state index in [1.54, 1.807) is 6.92 Å². The van der Waals surface area contributed by atoms with Gasteiger partial charge in [-0.25, -0.2) is 4.79 Å². The molecule has 0 fully saturated rings. The van der Waals surface area contributed by atoms with E-state index in [0.29, 0.717) is 0 Å². The number of rotatable bonds is 2. The fourth-order valence-electron chi connectivity index (χ4n) is 0.412. The van der Waals surface area contributed by atoms with Gasteiger partial charge in [-0.05, 0) is 6.92 Å². The van der Waals surface area contributed by atoms with E-state index in [9.17, 15) is 4.79 Å². The maximum Gasteiger partial charge on any atom is 0.327 e. The predicted octanol–water partition coefficient (Wildman–Crippen LogP) is -0.0307. The van der Waals surface area contributed by atoms with E-state index in [2.05, 4.69) is 34.9 Å². The minimum absolute atomic E-state index is 0.179. The number of ether oxygens (including phenoxy) is 1. The van der Waals surface area contributed by atoms with Crippen molar-refractivity contribution < 1.29 is 9.53 Å². The van der Waals surface area contributed by atoms with Crippen LogP contribution in [0.4, 0.5) is 0 Å². The number of esters is 1. The van der Waals surface area contributed by atoms with Gasteiger partial charge >= 0.3 is 5.97 Å². The summed E-state index contributed by atoms with van der Waals surface area (Å²) < 4.78 is 4.58. The van der Waals surface area contributed by atoms with E-state index in [0.717, 1.165) is 0 Å². The van der Waals surface area contributed by atoms with Gasteiger partial charge < -0.3 is 34.9 Å². The Morgan fingerprint density at radius 1 is 1.80 bits per heavy atom. The molecule has 0 amide bonds. The van der Waals surface area contributed by atoms with Crippen molar-refractivity contribution in [1.82, 2.24) is 5.32 Å². The largest absolute Gasteiger partial charge is 0.467 e. The van der Waals surface area contributed by atoms with E-state index in [1.165, 1.54) is 7.11 Å². The Labute approximate surface area is 70.5 Å². The average molecular weight is 178 g/mol. The highest BCUT2D eigenvalue weighted by Crippen LogP contribution is 1.84. The van der Waals surface area contributed by atoms with E-state index in [1.807, 2.05) is 0 Å². The first-order valence-electron chi connectivity index (χ1n) is 2.63. The molecule has 0 radical (unpaired) electrons. The standard InChI is InChI=1S/C5H9NO2S2/c1-3(4(7)8-2)6-5(9)10/h3H,1-2H3,(H2,6,9,10)/p-1. The van der Waals surface area contributed by atoms with Gasteiger partial charge in [0, 0.05) is 0 Å². The van der Waals surface area contributed by atoms with Crippen LogP contribution in [-0.4, -0.2) is 23.4 Å². The molecule has 0 heterocycles. The molecule has 1 unspecified atom stereocenters. The molecule has 0 aromatic rings. The lowest BCUT2D eigenvalue weighted by atomic mass is 10.4. The van der Waals surface area contributed by atoms with Gasteiger partial charge in [-0.1, -0.05) is 4.32 Å². The summed E-state index contributed by atoms with van der Waals surface area (Å²) in [5.74, 6) is -0.368. The van der Waals surface area contributed by atoms with Crippen LogP contribution in [0.3, 0.4) is 0 Å². The summed E-state index contributed by atoms with van der Waals surface area (Å²) in [4.78, 5) is 10.7. The predicted molar refractivity (Wildman–Crippen MR) is 44.6 cm³/mol. The number of thiocarbonyl (C=S) groups is 1. The van der Waals surface area contributed by atoms with E-state index in [4.69, 9.17) is 0 Å². The minimum Gasteiger partial charge on any atom is -0.467 e. The second-order valence-corrected chi connectivity index (χ2v) is 2.75. The molecule has 1 atom stereocenters. The average Bonchev–Trinajstić information content (AvgIpc) is 1.85. The first-order chi connectivity index (χ1) is 4.57. The lowest BCUT2D eigenvalue weighted by molar-refractivity contribution is -0.142. The topological polar surface area (TPSA) is 38.3 Å². The zero-order valence-electron chi connectivity index (χ0n) is 5.71. The van der Waals surface area contributed by atoms with Gasteiger partial charge in [0.2, 0.25) is 0 Å². The summed E-state index contributed by atoms with van der Waals surface area (Å²) in [6, 6.07) is -0.449. The first kappa shape index (κ1) is 9.58. The Morgan fingerprint density at radius 3 is 2.60 bits per heavy atom. The Hall–Kier alpha value is -0.420. The molecule has 0 aliphatic rings. The molecule has 1 N–H and O–H groups in total. The molecule has 0 saturated heterocycles. The van der Waals surface area contributed by atoms with Crippen molar-refractivity contribution in [3.63, 3.8) is 0 Å². The molecular weight excluding hydrogens is 170 g/mol. The Morgan fingerprint density at radius 2 is 2.30 bits per heavy atom. The highest BCUT2D eigenvalue weighted by atomic mass is 32.1. The van der Waals surface area contributed by atoms with Crippen molar-refractivity contribution in [1.29, 1.82) is 0 Å². The smallest absolute Gasteiger partial charge is 0.327 e. The Bertz CT molecular complexity index is 149. The van der Waals surface area contributed by atoms with Crippen LogP contribution in [0.5, 0.6) is 0 Å². The maximum absolute atomic E-state index is 10.7. The number of nitrogens with one attached hydrogen (secondary N) is 1. The van der Waals surface area contributed by atoms with Crippen LogP contribution in [0, 0.1) is 0 Å². The Balaban J connectivity index is 3.72. The normalized spacial score (nSPS) is 11.8. The summed E-state index contributed by atoms with van der Waals surface area (Å²) in [6.07, 6.45) is 0. The van der Waals surface area contributed by atoms with Crippen LogP contribution in [0.15, 0.2) is 0 Å². The second-order valence-electron chi connectivity index (χ2n) is 1.68. The van der Waals surface area contributed by atoms with Crippen LogP contribution in [0.25, 0.3) is 0 Å². The van der Waals surface area contributed by atoms with Gasteiger partial charge in [0.05, 0.1) is 7.11 Å². The summed E-state index contributed by atoms with van der Waals surface area (Å²) in [7, 11) is 1.31. The molecule has 0 spiro atoms. The molecular formula is C5H8NO2S2-. The van der Waals surface area contributed by atoms with Crippen molar-refractivity contribution in [3.8, 4) is 0 Å². The molecule has 0 bridgehead atoms. The van der Waals surface area contributed by atoms with Crippen LogP contribution < -0.4 is 5.32 Å². The molecule has 0 aromatic carbocycles. The number of hydrogen-bond donors (Lipinski definition) is 1. The number of carbonyl (C=O) groups is 1. The highest BCUT2D eigenvalue weighted by Gasteiger charge is 2.09. The van der Waals surface area contributed by atoms with Gasteiger partial charge in [-0.2, -0.15) is 0 Å². The van der Waals surface area contributed by atoms with Crippen LogP contribution in [0.1, 0.15) is 6.92 Å². The highest BCUT2D eigenvalue weighted by molar-refractivity contribution is 8.00. The fourth-order valence-corrected chi connectivity index (χ4v) is 0.766. The van der Waals surface area contributed by atoms with Crippen molar-refractivity contribution >= 4 is 35.1 Å². The molecule has 0 rings (SSSR count). The third-order valence-electron chi connectivity index (χ3n) is 0.889. The van der Waals surface area contributed by atoms with Gasteiger partial charge in [-0.15, -0.1) is 0 Å². The van der Waals surface area contributed by atoms with Crippen molar-refractivity contribution in [2.24, 2.45) is 0 Å². The van der Waals surface area contributed by atoms with Crippen molar-refractivity contribution in [3.05, 3.63) is 0 Å². The summed E-state index contributed by atoms with van der Waals surface area (Å²) in [5, 5.41) is 2.57. The van der Waals surface area contributed by atoms with Crippen molar-refractivity contribution in [2.75, 3.05) is 7.11 Å². The van der Waals surface area contributed by atoms with E-state index >= 15 is 0 Å². The molecule has 5 heteroatoms. The van der Waals surface area contributed by atoms with Gasteiger partial charge in [0.25, 0.3) is 0 Å². The fraction of sp³-hybridized carbons (Fsp3) is 0.600. The summed E-state index contributed by atoms with van der Waals surface area (Å²) in [5.41, 5.74) is 0. The maximum atomic E-state index is 10.7. The third kappa shape index (κ3) is 3.58. The lowest BCUT2D eigenvalue weighted by Crippen LogP contribution is -2.37. The molecule has 0 aromatic heterocycles. The number of methoxy groups -OCH3 is 1. The number of hydrogen-bond acceptors (Lipinski definition) is 4. The monoisotopic (exact) mass is 178 g/mol. The van der Waals surface area contributed by atoms with Gasteiger partial charge in [0.15, 0.2) is 0 Å². The summed E-state index contributed by atoms with van der Waals surface area (Å²) >= 11 is 9.07.